The van der Waals surface area contributed by atoms with E-state index in [9.17, 15) is 0 Å². The minimum absolute atomic E-state index is 0. The average Bonchev–Trinajstić information content (AvgIpc) is 2.52. The van der Waals surface area contributed by atoms with E-state index in [-0.39, 0.29) is 24.8 Å². The van der Waals surface area contributed by atoms with Crippen LogP contribution in [0.3, 0.4) is 0 Å². The molecule has 1 saturated carbocycles. The van der Waals surface area contributed by atoms with Crippen LogP contribution in [0.4, 0.5) is 0 Å². The van der Waals surface area contributed by atoms with Gasteiger partial charge < -0.3 is 5.32 Å². The molecule has 22 heavy (non-hydrogen) atoms. The SMILES string of the molecule is Cl.Cl.Ic1ccc([C@H](C2CCCCC2)N2CCNCC2)cc1. The first kappa shape index (κ1) is 20.5. The third-order valence-electron chi connectivity index (χ3n) is 4.85. The molecule has 0 spiro atoms. The van der Waals surface area contributed by atoms with Crippen LogP contribution in [0.15, 0.2) is 24.3 Å². The quantitative estimate of drug-likeness (QED) is 0.665. The fourth-order valence-corrected chi connectivity index (χ4v) is 4.21. The van der Waals surface area contributed by atoms with Gasteiger partial charge in [-0.25, -0.2) is 0 Å². The number of piperazine rings is 1. The molecule has 1 saturated heterocycles. The molecule has 1 heterocycles. The zero-order chi connectivity index (χ0) is 13.8. The van der Waals surface area contributed by atoms with Crippen LogP contribution in [0.5, 0.6) is 0 Å². The van der Waals surface area contributed by atoms with Crippen molar-refractivity contribution in [2.24, 2.45) is 5.92 Å². The van der Waals surface area contributed by atoms with E-state index in [1.54, 1.807) is 5.56 Å². The molecule has 5 heteroatoms. The molecule has 1 aliphatic heterocycles. The molecule has 0 bridgehead atoms. The lowest BCUT2D eigenvalue weighted by atomic mass is 9.80. The number of nitrogens with one attached hydrogen (secondary N) is 1. The lowest BCUT2D eigenvalue weighted by Gasteiger charge is -2.41. The van der Waals surface area contributed by atoms with E-state index in [4.69, 9.17) is 0 Å². The van der Waals surface area contributed by atoms with Crippen LogP contribution in [-0.4, -0.2) is 31.1 Å². The van der Waals surface area contributed by atoms with Crippen molar-refractivity contribution >= 4 is 47.4 Å². The molecule has 1 aromatic rings. The Hall–Kier alpha value is 0.450. The molecular formula is C17H27Cl2IN2. The van der Waals surface area contributed by atoms with Gasteiger partial charge in [0, 0.05) is 35.8 Å². The van der Waals surface area contributed by atoms with Crippen LogP contribution in [-0.2, 0) is 0 Å². The first-order valence-electron chi connectivity index (χ1n) is 8.05. The second-order valence-corrected chi connectivity index (χ2v) is 7.43. The molecule has 0 aromatic heterocycles. The predicted octanol–water partition coefficient (Wildman–Crippen LogP) is 4.66. The Balaban J connectivity index is 0.00000121. The van der Waals surface area contributed by atoms with Gasteiger partial charge >= 0.3 is 0 Å². The van der Waals surface area contributed by atoms with Gasteiger partial charge in [0.2, 0.25) is 0 Å². The molecule has 1 aliphatic carbocycles. The fraction of sp³-hybridized carbons (Fsp3) is 0.647. The third-order valence-corrected chi connectivity index (χ3v) is 5.57. The summed E-state index contributed by atoms with van der Waals surface area (Å²) in [6.07, 6.45) is 7.13. The Bertz CT molecular complexity index is 397. The highest BCUT2D eigenvalue weighted by molar-refractivity contribution is 14.1. The number of hydrogen-bond acceptors (Lipinski definition) is 2. The zero-order valence-electron chi connectivity index (χ0n) is 13.0. The highest BCUT2D eigenvalue weighted by Gasteiger charge is 2.30. The zero-order valence-corrected chi connectivity index (χ0v) is 16.8. The molecule has 1 N–H and O–H groups in total. The third kappa shape index (κ3) is 5.23. The van der Waals surface area contributed by atoms with E-state index in [1.807, 2.05) is 0 Å². The van der Waals surface area contributed by atoms with E-state index in [1.165, 1.54) is 48.8 Å². The van der Waals surface area contributed by atoms with Crippen molar-refractivity contribution < 1.29 is 0 Å². The van der Waals surface area contributed by atoms with E-state index in [0.717, 1.165) is 19.0 Å². The molecule has 3 rings (SSSR count). The van der Waals surface area contributed by atoms with E-state index < -0.39 is 0 Å². The Morgan fingerprint density at radius 3 is 2.14 bits per heavy atom. The van der Waals surface area contributed by atoms with Crippen molar-refractivity contribution in [2.75, 3.05) is 26.2 Å². The largest absolute Gasteiger partial charge is 0.314 e. The van der Waals surface area contributed by atoms with Crippen molar-refractivity contribution in [1.82, 2.24) is 10.2 Å². The number of nitrogens with zero attached hydrogens (tertiary/aromatic N) is 1. The van der Waals surface area contributed by atoms with Gasteiger partial charge in [-0.05, 0) is 59.0 Å². The maximum atomic E-state index is 3.49. The Morgan fingerprint density at radius 1 is 0.955 bits per heavy atom. The minimum atomic E-state index is 0. The van der Waals surface area contributed by atoms with Crippen LogP contribution in [0.25, 0.3) is 0 Å². The summed E-state index contributed by atoms with van der Waals surface area (Å²) >= 11 is 2.41. The smallest absolute Gasteiger partial charge is 0.0377 e. The van der Waals surface area contributed by atoms with Crippen molar-refractivity contribution in [3.8, 4) is 0 Å². The standard InChI is InChI=1S/C17H25IN2.2ClH/c18-16-8-6-15(7-9-16)17(14-4-2-1-3-5-14)20-12-10-19-11-13-20;;/h6-9,14,17,19H,1-5,10-13H2;2*1H/t17-;;/m0../s1. The van der Waals surface area contributed by atoms with Crippen molar-refractivity contribution in [3.63, 3.8) is 0 Å². The number of halogens is 3. The van der Waals surface area contributed by atoms with Gasteiger partial charge in [-0.1, -0.05) is 31.4 Å². The molecule has 1 atom stereocenters. The summed E-state index contributed by atoms with van der Waals surface area (Å²) in [6, 6.07) is 9.92. The van der Waals surface area contributed by atoms with Gasteiger partial charge in [0.15, 0.2) is 0 Å². The molecule has 126 valence electrons. The number of benzene rings is 1. The summed E-state index contributed by atoms with van der Waals surface area (Å²) in [5, 5.41) is 3.49. The van der Waals surface area contributed by atoms with Crippen LogP contribution >= 0.6 is 47.4 Å². The molecule has 2 nitrogen and oxygen atoms in total. The van der Waals surface area contributed by atoms with Crippen molar-refractivity contribution in [3.05, 3.63) is 33.4 Å². The van der Waals surface area contributed by atoms with Gasteiger partial charge in [0.1, 0.15) is 0 Å². The molecule has 2 aliphatic rings. The van der Waals surface area contributed by atoms with Crippen LogP contribution in [0, 0.1) is 9.49 Å². The summed E-state index contributed by atoms with van der Waals surface area (Å²) in [5.74, 6) is 0.863. The van der Waals surface area contributed by atoms with Gasteiger partial charge in [-0.15, -0.1) is 24.8 Å². The van der Waals surface area contributed by atoms with Crippen LogP contribution in [0.2, 0.25) is 0 Å². The highest BCUT2D eigenvalue weighted by Crippen LogP contribution is 2.38. The average molecular weight is 457 g/mol. The summed E-state index contributed by atoms with van der Waals surface area (Å²) in [4.78, 5) is 2.73. The van der Waals surface area contributed by atoms with Crippen molar-refractivity contribution in [1.29, 1.82) is 0 Å². The lowest BCUT2D eigenvalue weighted by molar-refractivity contribution is 0.103. The van der Waals surface area contributed by atoms with E-state index in [0.29, 0.717) is 6.04 Å². The summed E-state index contributed by atoms with van der Waals surface area (Å²) < 4.78 is 1.34. The molecule has 0 radical (unpaired) electrons. The van der Waals surface area contributed by atoms with Crippen LogP contribution < -0.4 is 5.32 Å². The second kappa shape index (κ2) is 10.3. The fourth-order valence-electron chi connectivity index (χ4n) is 3.85. The van der Waals surface area contributed by atoms with E-state index >= 15 is 0 Å². The Kier molecular flexibility index (Phi) is 9.64. The number of rotatable bonds is 3. The van der Waals surface area contributed by atoms with E-state index in [2.05, 4.69) is 57.1 Å². The van der Waals surface area contributed by atoms with Gasteiger partial charge in [-0.3, -0.25) is 4.90 Å². The Morgan fingerprint density at radius 2 is 1.55 bits per heavy atom. The molecule has 0 unspecified atom stereocenters. The monoisotopic (exact) mass is 456 g/mol. The molecular weight excluding hydrogens is 430 g/mol. The van der Waals surface area contributed by atoms with Gasteiger partial charge in [0.25, 0.3) is 0 Å². The minimum Gasteiger partial charge on any atom is -0.314 e. The summed E-state index contributed by atoms with van der Waals surface area (Å²) in [6.45, 7) is 4.70. The normalized spacial score (nSPS) is 21.5. The van der Waals surface area contributed by atoms with Gasteiger partial charge in [-0.2, -0.15) is 0 Å². The topological polar surface area (TPSA) is 15.3 Å². The summed E-state index contributed by atoms with van der Waals surface area (Å²) in [5.41, 5.74) is 1.54. The number of hydrogen-bond donors (Lipinski definition) is 1. The van der Waals surface area contributed by atoms with Crippen LogP contribution in [0.1, 0.15) is 43.7 Å². The predicted molar refractivity (Wildman–Crippen MR) is 107 cm³/mol. The van der Waals surface area contributed by atoms with Gasteiger partial charge in [0.05, 0.1) is 0 Å². The molecule has 1 aromatic carbocycles. The summed E-state index contributed by atoms with van der Waals surface area (Å²) in [7, 11) is 0. The maximum absolute atomic E-state index is 3.49. The second-order valence-electron chi connectivity index (χ2n) is 6.18. The lowest BCUT2D eigenvalue weighted by Crippen LogP contribution is -2.47. The van der Waals surface area contributed by atoms with Crippen molar-refractivity contribution in [2.45, 2.75) is 38.1 Å². The highest BCUT2D eigenvalue weighted by atomic mass is 127. The first-order chi connectivity index (χ1) is 9.84. The molecule has 2 fully saturated rings. The maximum Gasteiger partial charge on any atom is 0.0377 e. The molecule has 0 amide bonds. The first-order valence-corrected chi connectivity index (χ1v) is 9.13. The Labute approximate surface area is 160 Å².